The van der Waals surface area contributed by atoms with Crippen molar-refractivity contribution in [2.45, 2.75) is 0 Å². The van der Waals surface area contributed by atoms with Crippen molar-refractivity contribution < 1.29 is 14.0 Å². The standard InChI is InChI=1S/C19H16Cl2N4O4/c20-13-3-2-12(10-14(13)21)24-5-7-25(8-6-24)18(27)17(26)22-11-1-4-15-16(9-11)29-19(28)23-15/h1-4,9-10H,5-8H2,(H,22,26)(H,23,28). The highest BCUT2D eigenvalue weighted by Gasteiger charge is 2.26. The highest BCUT2D eigenvalue weighted by atomic mass is 35.5. The number of aromatic nitrogens is 1. The van der Waals surface area contributed by atoms with Crippen molar-refractivity contribution in [1.82, 2.24) is 9.88 Å². The van der Waals surface area contributed by atoms with Crippen LogP contribution in [0.4, 0.5) is 11.4 Å². The Morgan fingerprint density at radius 2 is 1.76 bits per heavy atom. The first-order valence-corrected chi connectivity index (χ1v) is 9.59. The minimum absolute atomic E-state index is 0.301. The maximum Gasteiger partial charge on any atom is 0.417 e. The lowest BCUT2D eigenvalue weighted by Crippen LogP contribution is -2.51. The summed E-state index contributed by atoms with van der Waals surface area (Å²) in [7, 11) is 0. The van der Waals surface area contributed by atoms with Crippen molar-refractivity contribution in [3.05, 3.63) is 57.0 Å². The maximum absolute atomic E-state index is 12.5. The number of carbonyl (C=O) groups excluding carboxylic acids is 2. The fraction of sp³-hybridized carbons (Fsp3) is 0.211. The SMILES string of the molecule is O=C(Nc1ccc2[nH]c(=O)oc2c1)C(=O)N1CCN(c2ccc(Cl)c(Cl)c2)CC1. The van der Waals surface area contributed by atoms with Crippen molar-refractivity contribution >= 4 is 57.5 Å². The Bertz CT molecular complexity index is 1150. The summed E-state index contributed by atoms with van der Waals surface area (Å²) < 4.78 is 4.96. The molecule has 0 aliphatic carbocycles. The summed E-state index contributed by atoms with van der Waals surface area (Å²) in [6.45, 7) is 1.94. The van der Waals surface area contributed by atoms with Crippen LogP contribution in [-0.2, 0) is 9.59 Å². The fourth-order valence-electron chi connectivity index (χ4n) is 3.20. The number of carbonyl (C=O) groups is 2. The van der Waals surface area contributed by atoms with Crippen LogP contribution in [0.15, 0.2) is 45.6 Å². The third-order valence-corrected chi connectivity index (χ3v) is 5.45. The van der Waals surface area contributed by atoms with Crippen molar-refractivity contribution in [1.29, 1.82) is 0 Å². The molecular weight excluding hydrogens is 419 g/mol. The Hall–Kier alpha value is -2.97. The van der Waals surface area contributed by atoms with Crippen LogP contribution in [0.3, 0.4) is 0 Å². The van der Waals surface area contributed by atoms with Crippen molar-refractivity contribution in [2.75, 3.05) is 36.4 Å². The third-order valence-electron chi connectivity index (χ3n) is 4.71. The van der Waals surface area contributed by atoms with Gasteiger partial charge in [0.05, 0.1) is 15.6 Å². The van der Waals surface area contributed by atoms with Crippen LogP contribution in [0.25, 0.3) is 11.1 Å². The molecule has 2 N–H and O–H groups in total. The van der Waals surface area contributed by atoms with E-state index in [4.69, 9.17) is 27.6 Å². The maximum atomic E-state index is 12.5. The highest BCUT2D eigenvalue weighted by Crippen LogP contribution is 2.27. The lowest BCUT2D eigenvalue weighted by Gasteiger charge is -2.35. The van der Waals surface area contributed by atoms with Crippen LogP contribution in [0.5, 0.6) is 0 Å². The van der Waals surface area contributed by atoms with Crippen LogP contribution in [0, 0.1) is 0 Å². The summed E-state index contributed by atoms with van der Waals surface area (Å²) >= 11 is 12.0. The quantitative estimate of drug-likeness (QED) is 0.604. The van der Waals surface area contributed by atoms with Crippen molar-refractivity contribution in [3.8, 4) is 0 Å². The van der Waals surface area contributed by atoms with Gasteiger partial charge in [-0.3, -0.25) is 14.6 Å². The third kappa shape index (κ3) is 4.08. The Labute approximate surface area is 175 Å². The zero-order chi connectivity index (χ0) is 20.5. The average molecular weight is 435 g/mol. The molecule has 1 fully saturated rings. The van der Waals surface area contributed by atoms with E-state index in [2.05, 4.69) is 15.2 Å². The Balaban J connectivity index is 1.37. The van der Waals surface area contributed by atoms with E-state index < -0.39 is 17.6 Å². The van der Waals surface area contributed by atoms with E-state index in [9.17, 15) is 14.4 Å². The summed E-state index contributed by atoms with van der Waals surface area (Å²) in [5.74, 6) is -1.95. The smallest absolute Gasteiger partial charge is 0.408 e. The number of piperazine rings is 1. The number of halogens is 2. The number of oxazole rings is 1. The molecule has 1 aliphatic heterocycles. The molecular formula is C19H16Cl2N4O4. The van der Waals surface area contributed by atoms with Crippen LogP contribution in [0.2, 0.25) is 10.0 Å². The highest BCUT2D eigenvalue weighted by molar-refractivity contribution is 6.42. The minimum Gasteiger partial charge on any atom is -0.408 e. The molecule has 3 aromatic rings. The Kier molecular flexibility index (Phi) is 5.21. The number of anilines is 2. The number of fused-ring (bicyclic) bond motifs is 1. The molecule has 1 saturated heterocycles. The number of amides is 2. The van der Waals surface area contributed by atoms with E-state index in [-0.39, 0.29) is 0 Å². The predicted molar refractivity (Wildman–Crippen MR) is 111 cm³/mol. The first-order chi connectivity index (χ1) is 13.9. The molecule has 4 rings (SSSR count). The van der Waals surface area contributed by atoms with E-state index in [1.807, 2.05) is 6.07 Å². The lowest BCUT2D eigenvalue weighted by atomic mass is 10.2. The molecule has 150 valence electrons. The molecule has 0 bridgehead atoms. The molecule has 0 radical (unpaired) electrons. The van der Waals surface area contributed by atoms with Gasteiger partial charge in [0.2, 0.25) is 0 Å². The average Bonchev–Trinajstić information content (AvgIpc) is 3.09. The van der Waals surface area contributed by atoms with Gasteiger partial charge in [-0.1, -0.05) is 23.2 Å². The molecule has 10 heteroatoms. The molecule has 1 aliphatic rings. The second kappa shape index (κ2) is 7.81. The molecule has 1 aromatic heterocycles. The van der Waals surface area contributed by atoms with Gasteiger partial charge >= 0.3 is 17.6 Å². The first-order valence-electron chi connectivity index (χ1n) is 8.84. The predicted octanol–water partition coefficient (Wildman–Crippen LogP) is 2.72. The second-order valence-electron chi connectivity index (χ2n) is 6.56. The molecule has 0 spiro atoms. The zero-order valence-corrected chi connectivity index (χ0v) is 16.6. The molecule has 2 aromatic carbocycles. The largest absolute Gasteiger partial charge is 0.417 e. The van der Waals surface area contributed by atoms with Crippen LogP contribution >= 0.6 is 23.2 Å². The molecule has 2 amide bonds. The van der Waals surface area contributed by atoms with Gasteiger partial charge in [0.25, 0.3) is 0 Å². The van der Waals surface area contributed by atoms with E-state index >= 15 is 0 Å². The summed E-state index contributed by atoms with van der Waals surface area (Å²) in [5, 5.41) is 3.50. The van der Waals surface area contributed by atoms with Crippen molar-refractivity contribution in [2.24, 2.45) is 0 Å². The molecule has 0 unspecified atom stereocenters. The molecule has 8 nitrogen and oxygen atoms in total. The topological polar surface area (TPSA) is 98.6 Å². The monoisotopic (exact) mass is 434 g/mol. The van der Waals surface area contributed by atoms with Gasteiger partial charge in [-0.15, -0.1) is 0 Å². The first kappa shape index (κ1) is 19.4. The summed E-state index contributed by atoms with van der Waals surface area (Å²) in [5.41, 5.74) is 2.10. The van der Waals surface area contributed by atoms with Gasteiger partial charge in [0, 0.05) is 43.6 Å². The summed E-state index contributed by atoms with van der Waals surface area (Å²) in [4.78, 5) is 42.1. The number of H-pyrrole nitrogens is 1. The van der Waals surface area contributed by atoms with Gasteiger partial charge in [-0.2, -0.15) is 0 Å². The number of hydrogen-bond donors (Lipinski definition) is 2. The van der Waals surface area contributed by atoms with Crippen LogP contribution in [0.1, 0.15) is 0 Å². The van der Waals surface area contributed by atoms with E-state index in [0.29, 0.717) is 53.0 Å². The van der Waals surface area contributed by atoms with Gasteiger partial charge in [0.1, 0.15) is 0 Å². The minimum atomic E-state index is -0.745. The van der Waals surface area contributed by atoms with Gasteiger partial charge in [-0.05, 0) is 30.3 Å². The zero-order valence-electron chi connectivity index (χ0n) is 15.1. The second-order valence-corrected chi connectivity index (χ2v) is 7.37. The number of nitrogens with one attached hydrogen (secondary N) is 2. The summed E-state index contributed by atoms with van der Waals surface area (Å²) in [6.07, 6.45) is 0. The van der Waals surface area contributed by atoms with E-state index in [0.717, 1.165) is 5.69 Å². The molecule has 29 heavy (non-hydrogen) atoms. The molecule has 2 heterocycles. The molecule has 0 atom stereocenters. The van der Waals surface area contributed by atoms with Gasteiger partial charge in [-0.25, -0.2) is 4.79 Å². The van der Waals surface area contributed by atoms with Crippen LogP contribution in [-0.4, -0.2) is 47.9 Å². The number of benzene rings is 2. The molecule has 0 saturated carbocycles. The fourth-order valence-corrected chi connectivity index (χ4v) is 3.49. The van der Waals surface area contributed by atoms with Gasteiger partial charge in [0.15, 0.2) is 5.58 Å². The van der Waals surface area contributed by atoms with Gasteiger partial charge < -0.3 is 19.5 Å². The summed E-state index contributed by atoms with van der Waals surface area (Å²) in [6, 6.07) is 10.0. The van der Waals surface area contributed by atoms with E-state index in [1.165, 1.54) is 11.0 Å². The van der Waals surface area contributed by atoms with Crippen molar-refractivity contribution in [3.63, 3.8) is 0 Å². The number of aromatic amines is 1. The lowest BCUT2D eigenvalue weighted by molar-refractivity contribution is -0.143. The van der Waals surface area contributed by atoms with Crippen LogP contribution < -0.4 is 16.0 Å². The number of nitrogens with zero attached hydrogens (tertiary/aromatic N) is 2. The van der Waals surface area contributed by atoms with E-state index in [1.54, 1.807) is 24.3 Å². The Morgan fingerprint density at radius 1 is 1.00 bits per heavy atom. The number of hydrogen-bond acceptors (Lipinski definition) is 5. The normalized spacial score (nSPS) is 14.3. The number of rotatable bonds is 2. The Morgan fingerprint density at radius 3 is 2.48 bits per heavy atom.